The van der Waals surface area contributed by atoms with Crippen molar-refractivity contribution in [2.45, 2.75) is 33.2 Å². The van der Waals surface area contributed by atoms with E-state index >= 15 is 0 Å². The standard InChI is InChI=1S/C15H21N3S/c1-3-7-16-15-10-13(5-8-17-15)18-11-14-12(4-2)6-9-19-14/h5-6,8-10H,3-4,7,11H2,1-2H3,(H2,16,17,18). The molecule has 0 aliphatic rings. The van der Waals surface area contributed by atoms with Gasteiger partial charge in [0.1, 0.15) is 5.82 Å². The Morgan fingerprint density at radius 3 is 2.89 bits per heavy atom. The van der Waals surface area contributed by atoms with Crippen LogP contribution < -0.4 is 10.6 Å². The van der Waals surface area contributed by atoms with Crippen molar-refractivity contribution in [1.82, 2.24) is 4.98 Å². The summed E-state index contributed by atoms with van der Waals surface area (Å²) in [6, 6.07) is 6.29. The number of anilines is 2. The summed E-state index contributed by atoms with van der Waals surface area (Å²) in [6.45, 7) is 6.20. The van der Waals surface area contributed by atoms with Gasteiger partial charge in [-0.1, -0.05) is 13.8 Å². The minimum Gasteiger partial charge on any atom is -0.380 e. The molecule has 2 aromatic heterocycles. The van der Waals surface area contributed by atoms with Crippen molar-refractivity contribution in [2.75, 3.05) is 17.2 Å². The number of nitrogens with one attached hydrogen (secondary N) is 2. The molecule has 0 saturated carbocycles. The maximum atomic E-state index is 4.31. The third-order valence-corrected chi connectivity index (χ3v) is 3.95. The average molecular weight is 275 g/mol. The van der Waals surface area contributed by atoms with E-state index in [1.54, 1.807) is 0 Å². The zero-order valence-corrected chi connectivity index (χ0v) is 12.4. The van der Waals surface area contributed by atoms with Crippen molar-refractivity contribution in [1.29, 1.82) is 0 Å². The molecule has 0 atom stereocenters. The van der Waals surface area contributed by atoms with E-state index in [9.17, 15) is 0 Å². The second-order valence-electron chi connectivity index (χ2n) is 4.43. The van der Waals surface area contributed by atoms with E-state index in [4.69, 9.17) is 0 Å². The Kier molecular flexibility index (Phi) is 5.21. The second-order valence-corrected chi connectivity index (χ2v) is 5.43. The molecule has 102 valence electrons. The van der Waals surface area contributed by atoms with Gasteiger partial charge >= 0.3 is 0 Å². The largest absolute Gasteiger partial charge is 0.380 e. The zero-order chi connectivity index (χ0) is 13.5. The van der Waals surface area contributed by atoms with Gasteiger partial charge in [0.2, 0.25) is 0 Å². The van der Waals surface area contributed by atoms with Crippen molar-refractivity contribution in [3.05, 3.63) is 40.2 Å². The average Bonchev–Trinajstić information content (AvgIpc) is 2.91. The summed E-state index contributed by atoms with van der Waals surface area (Å²) < 4.78 is 0. The number of rotatable bonds is 7. The van der Waals surface area contributed by atoms with Crippen LogP contribution in [0.15, 0.2) is 29.8 Å². The van der Waals surface area contributed by atoms with Gasteiger partial charge < -0.3 is 10.6 Å². The number of pyridine rings is 1. The maximum Gasteiger partial charge on any atom is 0.127 e. The molecule has 19 heavy (non-hydrogen) atoms. The Morgan fingerprint density at radius 2 is 2.11 bits per heavy atom. The number of thiophene rings is 1. The van der Waals surface area contributed by atoms with Gasteiger partial charge in [-0.2, -0.15) is 0 Å². The zero-order valence-electron chi connectivity index (χ0n) is 11.6. The molecule has 2 N–H and O–H groups in total. The molecule has 0 radical (unpaired) electrons. The Bertz CT molecular complexity index is 508. The monoisotopic (exact) mass is 275 g/mol. The van der Waals surface area contributed by atoms with Crippen LogP contribution in [0.4, 0.5) is 11.5 Å². The molecule has 0 aromatic carbocycles. The fourth-order valence-corrected chi connectivity index (χ4v) is 2.83. The lowest BCUT2D eigenvalue weighted by molar-refractivity contribution is 0.969. The molecule has 0 amide bonds. The third kappa shape index (κ3) is 3.96. The molecule has 0 saturated heterocycles. The first-order chi connectivity index (χ1) is 9.33. The number of aryl methyl sites for hydroxylation is 1. The molecular formula is C15H21N3S. The van der Waals surface area contributed by atoms with E-state index in [1.165, 1.54) is 10.4 Å². The SMILES string of the molecule is CCCNc1cc(NCc2sccc2CC)ccn1. The van der Waals surface area contributed by atoms with Crippen LogP contribution in [0.2, 0.25) is 0 Å². The molecule has 0 fully saturated rings. The molecule has 2 rings (SSSR count). The molecule has 0 unspecified atom stereocenters. The maximum absolute atomic E-state index is 4.31. The van der Waals surface area contributed by atoms with E-state index < -0.39 is 0 Å². The summed E-state index contributed by atoms with van der Waals surface area (Å²) in [7, 11) is 0. The Morgan fingerprint density at radius 1 is 1.21 bits per heavy atom. The smallest absolute Gasteiger partial charge is 0.127 e. The van der Waals surface area contributed by atoms with Crippen molar-refractivity contribution >= 4 is 22.8 Å². The lowest BCUT2D eigenvalue weighted by atomic mass is 10.2. The topological polar surface area (TPSA) is 37.0 Å². The Hall–Kier alpha value is -1.55. The normalized spacial score (nSPS) is 10.4. The van der Waals surface area contributed by atoms with Crippen LogP contribution in [0.5, 0.6) is 0 Å². The highest BCUT2D eigenvalue weighted by atomic mass is 32.1. The summed E-state index contributed by atoms with van der Waals surface area (Å²) >= 11 is 1.82. The molecule has 4 heteroatoms. The summed E-state index contributed by atoms with van der Waals surface area (Å²) in [5.41, 5.74) is 2.56. The molecular weight excluding hydrogens is 254 g/mol. The third-order valence-electron chi connectivity index (χ3n) is 2.99. The lowest BCUT2D eigenvalue weighted by Crippen LogP contribution is -2.04. The van der Waals surface area contributed by atoms with Crippen LogP contribution in [-0.2, 0) is 13.0 Å². The van der Waals surface area contributed by atoms with E-state index in [0.29, 0.717) is 0 Å². The predicted octanol–water partition coefficient (Wildman–Crippen LogP) is 4.14. The first-order valence-electron chi connectivity index (χ1n) is 6.82. The fraction of sp³-hybridized carbons (Fsp3) is 0.400. The highest BCUT2D eigenvalue weighted by Crippen LogP contribution is 2.20. The molecule has 3 nitrogen and oxygen atoms in total. The predicted molar refractivity (Wildman–Crippen MR) is 84.0 cm³/mol. The Labute approximate surface area is 119 Å². The molecule has 0 aliphatic heterocycles. The van der Waals surface area contributed by atoms with Crippen molar-refractivity contribution in [2.24, 2.45) is 0 Å². The second kappa shape index (κ2) is 7.14. The van der Waals surface area contributed by atoms with Crippen molar-refractivity contribution < 1.29 is 0 Å². The molecule has 0 bridgehead atoms. The summed E-state index contributed by atoms with van der Waals surface area (Å²) in [4.78, 5) is 5.73. The van der Waals surface area contributed by atoms with E-state index in [-0.39, 0.29) is 0 Å². The molecule has 0 spiro atoms. The van der Waals surface area contributed by atoms with Gasteiger partial charge in [-0.15, -0.1) is 11.3 Å². The molecule has 0 aliphatic carbocycles. The summed E-state index contributed by atoms with van der Waals surface area (Å²) in [6.07, 6.45) is 4.05. The van der Waals surface area contributed by atoms with Crippen LogP contribution in [-0.4, -0.2) is 11.5 Å². The van der Waals surface area contributed by atoms with Crippen molar-refractivity contribution in [3.8, 4) is 0 Å². The van der Waals surface area contributed by atoms with Gasteiger partial charge in [0.15, 0.2) is 0 Å². The van der Waals surface area contributed by atoms with Gasteiger partial charge in [-0.05, 0) is 35.9 Å². The van der Waals surface area contributed by atoms with Gasteiger partial charge in [0, 0.05) is 35.9 Å². The number of aromatic nitrogens is 1. The van der Waals surface area contributed by atoms with E-state index in [1.807, 2.05) is 23.6 Å². The van der Waals surface area contributed by atoms with E-state index in [2.05, 4.69) is 47.0 Å². The minimum atomic E-state index is 0.887. The van der Waals surface area contributed by atoms with Crippen LogP contribution >= 0.6 is 11.3 Å². The first-order valence-corrected chi connectivity index (χ1v) is 7.70. The highest BCUT2D eigenvalue weighted by Gasteiger charge is 2.02. The van der Waals surface area contributed by atoms with Crippen molar-refractivity contribution in [3.63, 3.8) is 0 Å². The minimum absolute atomic E-state index is 0.887. The highest BCUT2D eigenvalue weighted by molar-refractivity contribution is 7.10. The Balaban J connectivity index is 1.95. The van der Waals surface area contributed by atoms with Crippen LogP contribution in [0.25, 0.3) is 0 Å². The number of hydrogen-bond acceptors (Lipinski definition) is 4. The fourth-order valence-electron chi connectivity index (χ4n) is 1.91. The van der Waals surface area contributed by atoms with Gasteiger partial charge in [-0.3, -0.25) is 0 Å². The van der Waals surface area contributed by atoms with Crippen LogP contribution in [0.3, 0.4) is 0 Å². The molecule has 2 aromatic rings. The number of nitrogens with zero attached hydrogens (tertiary/aromatic N) is 1. The van der Waals surface area contributed by atoms with Gasteiger partial charge in [0.05, 0.1) is 0 Å². The summed E-state index contributed by atoms with van der Waals surface area (Å²) in [5, 5.41) is 8.93. The van der Waals surface area contributed by atoms with E-state index in [0.717, 1.165) is 37.4 Å². The van der Waals surface area contributed by atoms with Crippen LogP contribution in [0, 0.1) is 0 Å². The molecule has 2 heterocycles. The first kappa shape index (κ1) is 13.9. The summed E-state index contributed by atoms with van der Waals surface area (Å²) in [5.74, 6) is 0.939. The van der Waals surface area contributed by atoms with Crippen LogP contribution in [0.1, 0.15) is 30.7 Å². The van der Waals surface area contributed by atoms with Gasteiger partial charge in [0.25, 0.3) is 0 Å². The van der Waals surface area contributed by atoms with Gasteiger partial charge in [-0.25, -0.2) is 4.98 Å². The number of hydrogen-bond donors (Lipinski definition) is 2. The quantitative estimate of drug-likeness (QED) is 0.797. The lowest BCUT2D eigenvalue weighted by Gasteiger charge is -2.09.